The Morgan fingerprint density at radius 2 is 1.86 bits per heavy atom. The molecule has 1 amide bonds. The average molecular weight is 400 g/mol. The van der Waals surface area contributed by atoms with E-state index in [1.54, 1.807) is 24.3 Å². The number of aryl methyl sites for hydroxylation is 2. The first-order valence-corrected chi connectivity index (χ1v) is 10.9. The Kier molecular flexibility index (Phi) is 6.14. The van der Waals surface area contributed by atoms with E-state index in [-0.39, 0.29) is 10.8 Å². The number of hydrogen-bond acceptors (Lipinski definition) is 4. The number of anilines is 1. The van der Waals surface area contributed by atoms with Crippen molar-refractivity contribution in [1.82, 2.24) is 4.72 Å². The summed E-state index contributed by atoms with van der Waals surface area (Å²) >= 11 is 0. The number of amides is 1. The second-order valence-corrected chi connectivity index (χ2v) is 8.66. The van der Waals surface area contributed by atoms with Gasteiger partial charge in [-0.2, -0.15) is 0 Å². The van der Waals surface area contributed by atoms with Gasteiger partial charge in [-0.3, -0.25) is 14.5 Å². The van der Waals surface area contributed by atoms with Crippen LogP contribution < -0.4 is 10.0 Å². The molecule has 0 bridgehead atoms. The molecule has 28 heavy (non-hydrogen) atoms. The number of rotatable bonds is 7. The number of sulfonamides is 1. The monoisotopic (exact) mass is 399 g/mol. The topological polar surface area (TPSA) is 87.6 Å². The Hall–Kier alpha value is -2.67. The molecule has 1 aliphatic heterocycles. The highest BCUT2D eigenvalue weighted by Gasteiger charge is 2.29. The number of amidine groups is 1. The van der Waals surface area contributed by atoms with E-state index < -0.39 is 10.0 Å². The Bertz CT molecular complexity index is 1010. The maximum Gasteiger partial charge on any atom is 0.263 e. The van der Waals surface area contributed by atoms with E-state index in [1.165, 1.54) is 5.56 Å². The van der Waals surface area contributed by atoms with Crippen LogP contribution in [-0.4, -0.2) is 26.7 Å². The van der Waals surface area contributed by atoms with Crippen LogP contribution in [0.25, 0.3) is 0 Å². The quantitative estimate of drug-likeness (QED) is 0.698. The van der Waals surface area contributed by atoms with Gasteiger partial charge in [0.2, 0.25) is 5.91 Å². The van der Waals surface area contributed by atoms with Crippen molar-refractivity contribution in [3.63, 3.8) is 0 Å². The van der Waals surface area contributed by atoms with Crippen molar-refractivity contribution >= 4 is 27.5 Å². The van der Waals surface area contributed by atoms with Gasteiger partial charge in [-0.15, -0.1) is 0 Å². The van der Waals surface area contributed by atoms with Crippen molar-refractivity contribution in [3.05, 3.63) is 59.2 Å². The Morgan fingerprint density at radius 1 is 1.07 bits per heavy atom. The highest BCUT2D eigenvalue weighted by molar-refractivity contribution is 7.90. The maximum atomic E-state index is 12.1. The number of nitrogens with one attached hydrogen (secondary N) is 2. The molecule has 1 aliphatic rings. The first-order valence-electron chi connectivity index (χ1n) is 9.40. The summed E-state index contributed by atoms with van der Waals surface area (Å²) < 4.78 is 26.6. The van der Waals surface area contributed by atoms with E-state index in [4.69, 9.17) is 0 Å². The molecule has 3 rings (SSSR count). The number of benzene rings is 2. The molecule has 0 atom stereocenters. The van der Waals surface area contributed by atoms with Crippen LogP contribution >= 0.6 is 0 Å². The summed E-state index contributed by atoms with van der Waals surface area (Å²) in [4.78, 5) is 16.7. The minimum absolute atomic E-state index is 0.00995. The lowest BCUT2D eigenvalue weighted by molar-refractivity contribution is -0.116. The van der Waals surface area contributed by atoms with Crippen LogP contribution in [0.3, 0.4) is 0 Å². The van der Waals surface area contributed by atoms with Crippen LogP contribution in [0.15, 0.2) is 52.4 Å². The molecule has 0 aliphatic carbocycles. The lowest BCUT2D eigenvalue weighted by Crippen LogP contribution is -2.22. The number of carbonyl (C=O) groups excluding carboxylic acids is 1. The van der Waals surface area contributed by atoms with Gasteiger partial charge in [0.25, 0.3) is 10.0 Å². The molecule has 0 fully saturated rings. The van der Waals surface area contributed by atoms with Crippen LogP contribution in [0.4, 0.5) is 5.69 Å². The smallest absolute Gasteiger partial charge is 0.263 e. The van der Waals surface area contributed by atoms with Gasteiger partial charge in [-0.1, -0.05) is 36.2 Å². The molecule has 2 N–H and O–H groups in total. The molecule has 0 saturated heterocycles. The first-order chi connectivity index (χ1) is 13.4. The summed E-state index contributed by atoms with van der Waals surface area (Å²) in [7, 11) is -3.48. The van der Waals surface area contributed by atoms with Crippen LogP contribution in [-0.2, 0) is 14.8 Å². The molecule has 0 spiro atoms. The molecule has 148 valence electrons. The fourth-order valence-electron chi connectivity index (χ4n) is 3.18. The first kappa shape index (κ1) is 20.1. The van der Waals surface area contributed by atoms with Gasteiger partial charge in [-0.05, 0) is 50.5 Å². The van der Waals surface area contributed by atoms with Crippen molar-refractivity contribution in [2.24, 2.45) is 4.99 Å². The number of carbonyl (C=O) groups is 1. The predicted molar refractivity (Wildman–Crippen MR) is 111 cm³/mol. The van der Waals surface area contributed by atoms with Crippen molar-refractivity contribution < 1.29 is 13.2 Å². The van der Waals surface area contributed by atoms with Crippen molar-refractivity contribution in [2.45, 2.75) is 44.4 Å². The number of fused-ring (bicyclic) bond motifs is 1. The lowest BCUT2D eigenvalue weighted by atomic mass is 10.1. The Labute approximate surface area is 166 Å². The maximum absolute atomic E-state index is 12.1. The molecule has 6 nitrogen and oxygen atoms in total. The molecule has 2 aromatic carbocycles. The van der Waals surface area contributed by atoms with Gasteiger partial charge in [0, 0.05) is 24.2 Å². The molecule has 0 radical (unpaired) electrons. The van der Waals surface area contributed by atoms with Gasteiger partial charge in [0.1, 0.15) is 5.84 Å². The normalized spacial score (nSPS) is 15.9. The molecule has 0 saturated carbocycles. The minimum Gasteiger partial charge on any atom is -0.326 e. The number of aliphatic imine (C=N–C) groups is 1. The zero-order valence-corrected chi connectivity index (χ0v) is 17.0. The Morgan fingerprint density at radius 3 is 2.64 bits per heavy atom. The van der Waals surface area contributed by atoms with E-state index >= 15 is 0 Å². The second kappa shape index (κ2) is 8.56. The average Bonchev–Trinajstić information content (AvgIpc) is 2.91. The summed E-state index contributed by atoms with van der Waals surface area (Å²) in [5, 5.41) is 2.95. The van der Waals surface area contributed by atoms with Gasteiger partial charge in [-0.25, -0.2) is 8.42 Å². The van der Waals surface area contributed by atoms with E-state index in [2.05, 4.69) is 15.0 Å². The molecular weight excluding hydrogens is 374 g/mol. The van der Waals surface area contributed by atoms with E-state index in [1.807, 2.05) is 32.0 Å². The minimum atomic E-state index is -3.48. The van der Waals surface area contributed by atoms with Crippen molar-refractivity contribution in [1.29, 1.82) is 0 Å². The predicted octanol–water partition coefficient (Wildman–Crippen LogP) is 3.54. The van der Waals surface area contributed by atoms with Crippen molar-refractivity contribution in [2.75, 3.05) is 11.9 Å². The number of unbranched alkanes of at least 4 members (excludes halogenated alkanes) is 2. The SMILES string of the molecule is Cc1ccc(NC(=O)CCCCCN=C2NS(=O)(=O)c3ccccc32)c(C)c1. The van der Waals surface area contributed by atoms with Crippen LogP contribution in [0.1, 0.15) is 42.4 Å². The summed E-state index contributed by atoms with van der Waals surface area (Å²) in [5.41, 5.74) is 3.71. The summed E-state index contributed by atoms with van der Waals surface area (Å²) in [6.07, 6.45) is 2.87. The fourth-order valence-corrected chi connectivity index (χ4v) is 4.43. The lowest BCUT2D eigenvalue weighted by Gasteiger charge is -2.09. The van der Waals surface area contributed by atoms with Crippen molar-refractivity contribution in [3.8, 4) is 0 Å². The third-order valence-corrected chi connectivity index (χ3v) is 6.05. The molecule has 7 heteroatoms. The van der Waals surface area contributed by atoms with E-state index in [9.17, 15) is 13.2 Å². The molecule has 0 aromatic heterocycles. The number of hydrogen-bond donors (Lipinski definition) is 2. The van der Waals surface area contributed by atoms with Crippen LogP contribution in [0, 0.1) is 13.8 Å². The molecule has 1 heterocycles. The van der Waals surface area contributed by atoms with Gasteiger partial charge in [0.15, 0.2) is 0 Å². The van der Waals surface area contributed by atoms with Gasteiger partial charge >= 0.3 is 0 Å². The summed E-state index contributed by atoms with van der Waals surface area (Å²) in [5.74, 6) is 0.416. The zero-order chi connectivity index (χ0) is 20.1. The van der Waals surface area contributed by atoms with E-state index in [0.29, 0.717) is 24.4 Å². The highest BCUT2D eigenvalue weighted by Crippen LogP contribution is 2.22. The Balaban J connectivity index is 1.42. The summed E-state index contributed by atoms with van der Waals surface area (Å²) in [6.45, 7) is 4.53. The fraction of sp³-hybridized carbons (Fsp3) is 0.333. The van der Waals surface area contributed by atoms with E-state index in [0.717, 1.165) is 30.5 Å². The standard InChI is InChI=1S/C21H25N3O3S/c1-15-11-12-18(16(2)14-15)23-20(25)10-4-3-7-13-22-21-17-8-5-6-9-19(17)28(26,27)24-21/h5-6,8-9,11-12,14H,3-4,7,10,13H2,1-2H3,(H,22,24)(H,23,25). The highest BCUT2D eigenvalue weighted by atomic mass is 32.2. The van der Waals surface area contributed by atoms with Crippen LogP contribution in [0.2, 0.25) is 0 Å². The molecule has 2 aromatic rings. The molecular formula is C21H25N3O3S. The van der Waals surface area contributed by atoms with Gasteiger partial charge in [0.05, 0.1) is 4.90 Å². The van der Waals surface area contributed by atoms with Crippen LogP contribution in [0.5, 0.6) is 0 Å². The third-order valence-electron chi connectivity index (χ3n) is 4.65. The number of nitrogens with zero attached hydrogens (tertiary/aromatic N) is 1. The largest absolute Gasteiger partial charge is 0.326 e. The summed E-state index contributed by atoms with van der Waals surface area (Å²) in [6, 6.07) is 12.8. The molecule has 0 unspecified atom stereocenters. The zero-order valence-electron chi connectivity index (χ0n) is 16.2. The third kappa shape index (κ3) is 4.78. The second-order valence-electron chi connectivity index (χ2n) is 7.01. The van der Waals surface area contributed by atoms with Gasteiger partial charge < -0.3 is 5.32 Å².